The first-order valence-electron chi connectivity index (χ1n) is 7.40. The Morgan fingerprint density at radius 2 is 1.70 bits per heavy atom. The number of nitrogens with one attached hydrogen (secondary N) is 1. The number of benzene rings is 2. The Bertz CT molecular complexity index is 669. The second-order valence-corrected chi connectivity index (χ2v) is 6.33. The van der Waals surface area contributed by atoms with Gasteiger partial charge >= 0.3 is 0 Å². The first-order chi connectivity index (χ1) is 10.9. The first-order valence-corrected chi connectivity index (χ1v) is 8.16. The Morgan fingerprint density at radius 1 is 1.04 bits per heavy atom. The zero-order valence-corrected chi connectivity index (χ0v) is 14.6. The molecule has 0 unspecified atom stereocenters. The van der Waals surface area contributed by atoms with Gasteiger partial charge in [0.1, 0.15) is 5.75 Å². The van der Waals surface area contributed by atoms with E-state index in [9.17, 15) is 4.79 Å². The van der Waals surface area contributed by atoms with Crippen LogP contribution in [0.15, 0.2) is 42.5 Å². The number of hydrogen-bond donors (Lipinski definition) is 1. The Hall–Kier alpha value is -1.71. The minimum Gasteiger partial charge on any atom is -0.491 e. The van der Waals surface area contributed by atoms with Crippen molar-refractivity contribution in [2.24, 2.45) is 0 Å². The summed E-state index contributed by atoms with van der Waals surface area (Å²) in [5.74, 6) is 0.761. The van der Waals surface area contributed by atoms with Crippen molar-refractivity contribution in [3.63, 3.8) is 0 Å². The highest BCUT2D eigenvalue weighted by atomic mass is 35.5. The van der Waals surface area contributed by atoms with Crippen LogP contribution in [0.1, 0.15) is 25.0 Å². The van der Waals surface area contributed by atoms with Crippen molar-refractivity contribution >= 4 is 29.1 Å². The van der Waals surface area contributed by atoms with Crippen LogP contribution in [0, 0.1) is 0 Å². The number of ether oxygens (including phenoxy) is 1. The van der Waals surface area contributed by atoms with E-state index in [0.29, 0.717) is 16.6 Å². The molecule has 1 N–H and O–H groups in total. The fourth-order valence-corrected chi connectivity index (χ4v) is 2.38. The van der Waals surface area contributed by atoms with Crippen molar-refractivity contribution in [2.75, 3.05) is 0 Å². The predicted octanol–water partition coefficient (Wildman–Crippen LogP) is 4.64. The van der Waals surface area contributed by atoms with Crippen molar-refractivity contribution in [1.82, 2.24) is 5.32 Å². The van der Waals surface area contributed by atoms with Gasteiger partial charge in [0, 0.05) is 6.54 Å². The Labute approximate surface area is 146 Å². The first kappa shape index (κ1) is 17.6. The summed E-state index contributed by atoms with van der Waals surface area (Å²) in [4.78, 5) is 12.0. The maximum absolute atomic E-state index is 12.0. The Kier molecular flexibility index (Phi) is 6.31. The lowest BCUT2D eigenvalue weighted by molar-refractivity contribution is -0.120. The van der Waals surface area contributed by atoms with Gasteiger partial charge in [0.15, 0.2) is 0 Å². The largest absolute Gasteiger partial charge is 0.491 e. The standard InChI is InChI=1S/C18H19Cl2NO2/c1-12(2)23-15-6-3-13(4-7-15)11-21-18(22)10-14-5-8-16(19)17(20)9-14/h3-9,12H,10-11H2,1-2H3,(H,21,22). The van der Waals surface area contributed by atoms with Crippen LogP contribution in [0.5, 0.6) is 5.75 Å². The number of carbonyl (C=O) groups is 1. The maximum atomic E-state index is 12.0. The Morgan fingerprint density at radius 3 is 2.30 bits per heavy atom. The second-order valence-electron chi connectivity index (χ2n) is 5.51. The van der Waals surface area contributed by atoms with E-state index in [4.69, 9.17) is 27.9 Å². The van der Waals surface area contributed by atoms with E-state index < -0.39 is 0 Å². The summed E-state index contributed by atoms with van der Waals surface area (Å²) in [6.45, 7) is 4.44. The lowest BCUT2D eigenvalue weighted by Gasteiger charge is -2.10. The van der Waals surface area contributed by atoms with E-state index in [1.54, 1.807) is 18.2 Å². The van der Waals surface area contributed by atoms with Crippen LogP contribution in [0.3, 0.4) is 0 Å². The predicted molar refractivity (Wildman–Crippen MR) is 94.2 cm³/mol. The summed E-state index contributed by atoms with van der Waals surface area (Å²) < 4.78 is 5.58. The average molecular weight is 352 g/mol. The van der Waals surface area contributed by atoms with Crippen LogP contribution in [0.25, 0.3) is 0 Å². The highest BCUT2D eigenvalue weighted by Crippen LogP contribution is 2.22. The molecule has 2 aromatic carbocycles. The summed E-state index contributed by atoms with van der Waals surface area (Å²) in [6.07, 6.45) is 0.414. The molecule has 2 rings (SSSR count). The van der Waals surface area contributed by atoms with Crippen LogP contribution in [-0.4, -0.2) is 12.0 Å². The maximum Gasteiger partial charge on any atom is 0.224 e. The Balaban J connectivity index is 1.85. The van der Waals surface area contributed by atoms with E-state index in [1.807, 2.05) is 38.1 Å². The molecule has 0 aliphatic rings. The summed E-state index contributed by atoms with van der Waals surface area (Å²) in [5.41, 5.74) is 1.85. The van der Waals surface area contributed by atoms with Gasteiger partial charge in [-0.15, -0.1) is 0 Å². The third kappa shape index (κ3) is 5.77. The summed E-state index contributed by atoms with van der Waals surface area (Å²) in [7, 11) is 0. The van der Waals surface area contributed by atoms with Gasteiger partial charge in [-0.05, 0) is 49.2 Å². The lowest BCUT2D eigenvalue weighted by Crippen LogP contribution is -2.24. The number of hydrogen-bond acceptors (Lipinski definition) is 2. The number of carbonyl (C=O) groups excluding carboxylic acids is 1. The minimum absolute atomic E-state index is 0.0640. The van der Waals surface area contributed by atoms with Gasteiger partial charge < -0.3 is 10.1 Å². The normalized spacial score (nSPS) is 10.7. The van der Waals surface area contributed by atoms with Gasteiger partial charge in [0.05, 0.1) is 22.6 Å². The molecule has 0 saturated heterocycles. The van der Waals surface area contributed by atoms with Crippen molar-refractivity contribution in [3.05, 3.63) is 63.6 Å². The van der Waals surface area contributed by atoms with Crippen molar-refractivity contribution in [1.29, 1.82) is 0 Å². The third-order valence-corrected chi connectivity index (χ3v) is 3.87. The summed E-state index contributed by atoms with van der Waals surface area (Å²) in [5, 5.41) is 3.83. The molecule has 2 aromatic rings. The second kappa shape index (κ2) is 8.23. The van der Waals surface area contributed by atoms with Crippen LogP contribution in [0.2, 0.25) is 10.0 Å². The zero-order valence-electron chi connectivity index (χ0n) is 13.1. The summed E-state index contributed by atoms with van der Waals surface area (Å²) >= 11 is 11.8. The monoisotopic (exact) mass is 351 g/mol. The van der Waals surface area contributed by atoms with Crippen molar-refractivity contribution in [2.45, 2.75) is 32.9 Å². The highest BCUT2D eigenvalue weighted by molar-refractivity contribution is 6.42. The zero-order chi connectivity index (χ0) is 16.8. The number of rotatable bonds is 6. The smallest absolute Gasteiger partial charge is 0.224 e. The molecule has 1 amide bonds. The van der Waals surface area contributed by atoms with E-state index in [0.717, 1.165) is 16.9 Å². The van der Waals surface area contributed by atoms with E-state index in [1.165, 1.54) is 0 Å². The molecule has 0 aromatic heterocycles. The summed E-state index contributed by atoms with van der Waals surface area (Å²) in [6, 6.07) is 12.9. The molecule has 122 valence electrons. The quantitative estimate of drug-likeness (QED) is 0.823. The fourth-order valence-electron chi connectivity index (χ4n) is 2.06. The van der Waals surface area contributed by atoms with Gasteiger partial charge in [-0.25, -0.2) is 0 Å². The molecule has 0 radical (unpaired) electrons. The van der Waals surface area contributed by atoms with Gasteiger partial charge in [-0.3, -0.25) is 4.79 Å². The van der Waals surface area contributed by atoms with E-state index in [-0.39, 0.29) is 18.4 Å². The third-order valence-electron chi connectivity index (χ3n) is 3.13. The lowest BCUT2D eigenvalue weighted by atomic mass is 10.1. The molecule has 0 spiro atoms. The molecule has 0 saturated carbocycles. The van der Waals surface area contributed by atoms with Crippen LogP contribution in [-0.2, 0) is 17.8 Å². The van der Waals surface area contributed by atoms with Crippen LogP contribution < -0.4 is 10.1 Å². The molecular formula is C18H19Cl2NO2. The molecule has 5 heteroatoms. The molecular weight excluding hydrogens is 333 g/mol. The average Bonchev–Trinajstić information content (AvgIpc) is 2.50. The van der Waals surface area contributed by atoms with Crippen molar-refractivity contribution in [3.8, 4) is 5.75 Å². The highest BCUT2D eigenvalue weighted by Gasteiger charge is 2.06. The minimum atomic E-state index is -0.0640. The SMILES string of the molecule is CC(C)Oc1ccc(CNC(=O)Cc2ccc(Cl)c(Cl)c2)cc1. The number of amides is 1. The van der Waals surface area contributed by atoms with Gasteiger partial charge in [-0.2, -0.15) is 0 Å². The van der Waals surface area contributed by atoms with Crippen LogP contribution >= 0.6 is 23.2 Å². The molecule has 0 atom stereocenters. The molecule has 0 fully saturated rings. The van der Waals surface area contributed by atoms with E-state index in [2.05, 4.69) is 5.32 Å². The molecule has 23 heavy (non-hydrogen) atoms. The van der Waals surface area contributed by atoms with E-state index >= 15 is 0 Å². The van der Waals surface area contributed by atoms with Gasteiger partial charge in [0.25, 0.3) is 0 Å². The number of halogens is 2. The molecule has 0 heterocycles. The topological polar surface area (TPSA) is 38.3 Å². The van der Waals surface area contributed by atoms with Gasteiger partial charge in [0.2, 0.25) is 5.91 Å². The molecule has 0 aliphatic carbocycles. The fraction of sp³-hybridized carbons (Fsp3) is 0.278. The van der Waals surface area contributed by atoms with Crippen molar-refractivity contribution < 1.29 is 9.53 Å². The van der Waals surface area contributed by atoms with Crippen LogP contribution in [0.4, 0.5) is 0 Å². The molecule has 0 aliphatic heterocycles. The van der Waals surface area contributed by atoms with Gasteiger partial charge in [-0.1, -0.05) is 41.4 Å². The molecule has 0 bridgehead atoms. The molecule has 3 nitrogen and oxygen atoms in total.